The topological polar surface area (TPSA) is 65.4 Å². The Labute approximate surface area is 58.5 Å². The van der Waals surface area contributed by atoms with Crippen molar-refractivity contribution in [3.63, 3.8) is 0 Å². The Morgan fingerprint density at radius 2 is 2.40 bits per heavy atom. The molecule has 1 fully saturated rings. The standard InChI is InChI=1S/C5H9N3O2/c1-8-4(10-2)3(9)7-5(8)6/h4H,1-2H3,(H2,6,7,9). The van der Waals surface area contributed by atoms with Crippen LogP contribution in [0.3, 0.4) is 0 Å². The van der Waals surface area contributed by atoms with Gasteiger partial charge in [0, 0.05) is 14.2 Å². The van der Waals surface area contributed by atoms with E-state index in [1.165, 1.54) is 12.0 Å². The molecular weight excluding hydrogens is 134 g/mol. The van der Waals surface area contributed by atoms with Gasteiger partial charge in [-0.1, -0.05) is 0 Å². The molecule has 1 saturated heterocycles. The third-order valence-electron chi connectivity index (χ3n) is 1.39. The largest absolute Gasteiger partial charge is 0.353 e. The molecule has 1 aliphatic heterocycles. The molecule has 0 aromatic heterocycles. The molecule has 0 aromatic rings. The molecule has 1 heterocycles. The van der Waals surface area contributed by atoms with E-state index < -0.39 is 6.23 Å². The SMILES string of the molecule is COC1C(=O)NC(=N)N1C. The number of amides is 1. The number of rotatable bonds is 1. The third kappa shape index (κ3) is 0.841. The Hall–Kier alpha value is -1.10. The summed E-state index contributed by atoms with van der Waals surface area (Å²) in [5.74, 6) is -0.202. The second kappa shape index (κ2) is 2.26. The van der Waals surface area contributed by atoms with Crippen molar-refractivity contribution in [2.45, 2.75) is 6.23 Å². The summed E-state index contributed by atoms with van der Waals surface area (Å²) in [6, 6.07) is 0. The first-order chi connectivity index (χ1) is 4.66. The number of hydrogen-bond acceptors (Lipinski definition) is 3. The van der Waals surface area contributed by atoms with E-state index in [1.807, 2.05) is 0 Å². The summed E-state index contributed by atoms with van der Waals surface area (Å²) in [6.07, 6.45) is -0.632. The van der Waals surface area contributed by atoms with Crippen molar-refractivity contribution in [1.29, 1.82) is 5.41 Å². The van der Waals surface area contributed by atoms with Crippen molar-refractivity contribution in [3.05, 3.63) is 0 Å². The van der Waals surface area contributed by atoms with E-state index in [1.54, 1.807) is 7.05 Å². The van der Waals surface area contributed by atoms with Crippen LogP contribution in [0.2, 0.25) is 0 Å². The van der Waals surface area contributed by atoms with Gasteiger partial charge < -0.3 is 9.64 Å². The molecule has 10 heavy (non-hydrogen) atoms. The van der Waals surface area contributed by atoms with Crippen LogP contribution in [0.5, 0.6) is 0 Å². The number of ether oxygens (including phenoxy) is 1. The summed E-state index contributed by atoms with van der Waals surface area (Å²) in [6.45, 7) is 0. The number of likely N-dealkylation sites (N-methyl/N-ethyl adjacent to an activating group) is 1. The van der Waals surface area contributed by atoms with E-state index in [0.29, 0.717) is 0 Å². The summed E-state index contributed by atoms with van der Waals surface area (Å²) in [7, 11) is 3.05. The van der Waals surface area contributed by atoms with Gasteiger partial charge in [0.15, 0.2) is 5.96 Å². The number of guanidine groups is 1. The normalized spacial score (nSPS) is 25.4. The molecule has 0 aromatic carbocycles. The molecule has 0 radical (unpaired) electrons. The second-order valence-corrected chi connectivity index (χ2v) is 2.04. The Bertz CT molecular complexity index is 180. The number of nitrogens with zero attached hydrogens (tertiary/aromatic N) is 1. The van der Waals surface area contributed by atoms with Gasteiger partial charge >= 0.3 is 0 Å². The van der Waals surface area contributed by atoms with Crippen LogP contribution in [0.4, 0.5) is 0 Å². The molecule has 0 aliphatic carbocycles. The number of methoxy groups -OCH3 is 1. The fraction of sp³-hybridized carbons (Fsp3) is 0.600. The van der Waals surface area contributed by atoms with Crippen LogP contribution in [0.25, 0.3) is 0 Å². The molecule has 56 valence electrons. The zero-order valence-electron chi connectivity index (χ0n) is 5.84. The van der Waals surface area contributed by atoms with Crippen molar-refractivity contribution >= 4 is 11.9 Å². The molecule has 5 nitrogen and oxygen atoms in total. The smallest absolute Gasteiger partial charge is 0.276 e. The van der Waals surface area contributed by atoms with Gasteiger partial charge in [0.25, 0.3) is 5.91 Å². The minimum Gasteiger partial charge on any atom is -0.353 e. The zero-order valence-corrected chi connectivity index (χ0v) is 5.84. The van der Waals surface area contributed by atoms with Crippen molar-refractivity contribution in [1.82, 2.24) is 10.2 Å². The monoisotopic (exact) mass is 143 g/mol. The molecule has 1 atom stereocenters. The summed E-state index contributed by atoms with van der Waals surface area (Å²) in [5, 5.41) is 9.45. The molecular formula is C5H9N3O2. The second-order valence-electron chi connectivity index (χ2n) is 2.04. The minimum atomic E-state index is -0.632. The van der Waals surface area contributed by atoms with Gasteiger partial charge in [0.2, 0.25) is 6.23 Å². The number of carbonyl (C=O) groups excluding carboxylic acids is 1. The Kier molecular flexibility index (Phi) is 1.58. The van der Waals surface area contributed by atoms with Crippen LogP contribution in [0, 0.1) is 5.41 Å². The first-order valence-electron chi connectivity index (χ1n) is 2.82. The first kappa shape index (κ1) is 7.01. The number of nitrogens with one attached hydrogen (secondary N) is 2. The van der Waals surface area contributed by atoms with Crippen molar-refractivity contribution < 1.29 is 9.53 Å². The minimum absolute atomic E-state index is 0.0804. The van der Waals surface area contributed by atoms with Crippen molar-refractivity contribution in [3.8, 4) is 0 Å². The van der Waals surface area contributed by atoms with E-state index in [2.05, 4.69) is 5.32 Å². The summed E-state index contributed by atoms with van der Waals surface area (Å²) in [5.41, 5.74) is 0. The fourth-order valence-corrected chi connectivity index (χ4v) is 0.825. The summed E-state index contributed by atoms with van der Waals surface area (Å²) in [4.78, 5) is 12.2. The van der Waals surface area contributed by atoms with Gasteiger partial charge in [0.1, 0.15) is 0 Å². The Morgan fingerprint density at radius 3 is 2.60 bits per heavy atom. The third-order valence-corrected chi connectivity index (χ3v) is 1.39. The lowest BCUT2D eigenvalue weighted by Crippen LogP contribution is -2.32. The highest BCUT2D eigenvalue weighted by molar-refractivity contribution is 6.04. The van der Waals surface area contributed by atoms with Gasteiger partial charge in [-0.25, -0.2) is 0 Å². The highest BCUT2D eigenvalue weighted by Crippen LogP contribution is 2.03. The highest BCUT2D eigenvalue weighted by atomic mass is 16.5. The average molecular weight is 143 g/mol. The molecule has 0 bridgehead atoms. The molecule has 5 heteroatoms. The predicted molar refractivity (Wildman–Crippen MR) is 34.4 cm³/mol. The summed E-state index contributed by atoms with van der Waals surface area (Å²) < 4.78 is 4.78. The van der Waals surface area contributed by atoms with Crippen LogP contribution in [-0.2, 0) is 9.53 Å². The van der Waals surface area contributed by atoms with Gasteiger partial charge in [-0.05, 0) is 0 Å². The molecule has 0 saturated carbocycles. The van der Waals surface area contributed by atoms with Crippen LogP contribution in [-0.4, -0.2) is 37.2 Å². The maximum atomic E-state index is 10.8. The molecule has 1 rings (SSSR count). The van der Waals surface area contributed by atoms with E-state index in [0.717, 1.165) is 0 Å². The van der Waals surface area contributed by atoms with Crippen LogP contribution >= 0.6 is 0 Å². The molecule has 1 aliphatic rings. The van der Waals surface area contributed by atoms with Crippen LogP contribution in [0.1, 0.15) is 0 Å². The van der Waals surface area contributed by atoms with Crippen LogP contribution < -0.4 is 5.32 Å². The van der Waals surface area contributed by atoms with Crippen molar-refractivity contribution in [2.75, 3.05) is 14.2 Å². The van der Waals surface area contributed by atoms with E-state index in [4.69, 9.17) is 10.1 Å². The summed E-state index contributed by atoms with van der Waals surface area (Å²) >= 11 is 0. The zero-order chi connectivity index (χ0) is 7.72. The van der Waals surface area contributed by atoms with Gasteiger partial charge in [-0.15, -0.1) is 0 Å². The maximum absolute atomic E-state index is 10.8. The number of hydrogen-bond donors (Lipinski definition) is 2. The molecule has 1 amide bonds. The first-order valence-corrected chi connectivity index (χ1v) is 2.82. The predicted octanol–water partition coefficient (Wildman–Crippen LogP) is -1.04. The quantitative estimate of drug-likeness (QED) is 0.492. The van der Waals surface area contributed by atoms with Crippen molar-refractivity contribution in [2.24, 2.45) is 0 Å². The van der Waals surface area contributed by atoms with Gasteiger partial charge in [0.05, 0.1) is 0 Å². The van der Waals surface area contributed by atoms with E-state index >= 15 is 0 Å². The average Bonchev–Trinajstić information content (AvgIpc) is 2.09. The van der Waals surface area contributed by atoms with Gasteiger partial charge in [-0.2, -0.15) is 0 Å². The Balaban J connectivity index is 2.73. The molecule has 2 N–H and O–H groups in total. The van der Waals surface area contributed by atoms with Crippen LogP contribution in [0.15, 0.2) is 0 Å². The maximum Gasteiger partial charge on any atom is 0.276 e. The molecule has 0 spiro atoms. The molecule has 1 unspecified atom stereocenters. The van der Waals surface area contributed by atoms with E-state index in [-0.39, 0.29) is 11.9 Å². The lowest BCUT2D eigenvalue weighted by atomic mass is 10.5. The van der Waals surface area contributed by atoms with Gasteiger partial charge in [-0.3, -0.25) is 15.5 Å². The van der Waals surface area contributed by atoms with E-state index in [9.17, 15) is 4.79 Å². The lowest BCUT2D eigenvalue weighted by molar-refractivity contribution is -0.132. The number of carbonyl (C=O) groups is 1. The Morgan fingerprint density at radius 1 is 1.80 bits per heavy atom. The highest BCUT2D eigenvalue weighted by Gasteiger charge is 2.32. The fourth-order valence-electron chi connectivity index (χ4n) is 0.825. The lowest BCUT2D eigenvalue weighted by Gasteiger charge is -2.14.